The molecule has 2 heterocycles. The first-order valence-corrected chi connectivity index (χ1v) is 8.80. The molecule has 1 amide bonds. The van der Waals surface area contributed by atoms with E-state index in [1.165, 1.54) is 5.56 Å². The van der Waals surface area contributed by atoms with Crippen LogP contribution < -0.4 is 5.73 Å². The van der Waals surface area contributed by atoms with Gasteiger partial charge in [0.15, 0.2) is 0 Å². The van der Waals surface area contributed by atoms with Crippen LogP contribution in [-0.2, 0) is 6.54 Å². The molecule has 0 aliphatic carbocycles. The van der Waals surface area contributed by atoms with Crippen LogP contribution in [0.2, 0.25) is 0 Å². The van der Waals surface area contributed by atoms with Gasteiger partial charge in [0.2, 0.25) is 0 Å². The Balaban J connectivity index is 0.00000225. The number of aromatic nitrogens is 1. The largest absolute Gasteiger partial charge is 0.344 e. The number of carbonyl (C=O) groups is 1. The monoisotopic (exact) mass is 361 g/mol. The number of carbonyl (C=O) groups excluding carboxylic acids is 1. The number of halogens is 1. The third-order valence-electron chi connectivity index (χ3n) is 5.22. The van der Waals surface area contributed by atoms with Gasteiger partial charge >= 0.3 is 0 Å². The van der Waals surface area contributed by atoms with Gasteiger partial charge in [-0.15, -0.1) is 12.4 Å². The summed E-state index contributed by atoms with van der Waals surface area (Å²) in [5.74, 6) is 0.734. The Morgan fingerprint density at radius 2 is 1.80 bits per heavy atom. The maximum absolute atomic E-state index is 12.9. The first-order valence-electron chi connectivity index (χ1n) is 8.80. The number of benzene rings is 1. The molecular formula is C20H28ClN3O. The highest BCUT2D eigenvalue weighted by molar-refractivity contribution is 5.95. The highest BCUT2D eigenvalue weighted by Crippen LogP contribution is 2.22. The second kappa shape index (κ2) is 8.54. The number of likely N-dealkylation sites (tertiary alicyclic amines) is 1. The van der Waals surface area contributed by atoms with Crippen LogP contribution in [0.5, 0.6) is 0 Å². The van der Waals surface area contributed by atoms with E-state index in [1.54, 1.807) is 0 Å². The normalized spacial score (nSPS) is 15.1. The fraction of sp³-hybridized carbons (Fsp3) is 0.450. The Morgan fingerprint density at radius 1 is 1.16 bits per heavy atom. The average molecular weight is 362 g/mol. The summed E-state index contributed by atoms with van der Waals surface area (Å²) in [5, 5.41) is 0. The molecule has 1 aromatic carbocycles. The molecule has 1 aliphatic heterocycles. The van der Waals surface area contributed by atoms with Gasteiger partial charge in [0.1, 0.15) is 0 Å². The fourth-order valence-corrected chi connectivity index (χ4v) is 3.57. The summed E-state index contributed by atoms with van der Waals surface area (Å²) in [6.07, 6.45) is 2.04. The van der Waals surface area contributed by atoms with Crippen molar-refractivity contribution >= 4 is 18.3 Å². The molecule has 1 saturated heterocycles. The van der Waals surface area contributed by atoms with Crippen molar-refractivity contribution < 1.29 is 4.79 Å². The van der Waals surface area contributed by atoms with Crippen molar-refractivity contribution in [1.82, 2.24) is 9.47 Å². The Hall–Kier alpha value is -1.78. The molecule has 2 aromatic rings. The minimum absolute atomic E-state index is 0. The van der Waals surface area contributed by atoms with Crippen molar-refractivity contribution in [2.24, 2.45) is 11.7 Å². The molecule has 5 heteroatoms. The first-order chi connectivity index (χ1) is 11.6. The van der Waals surface area contributed by atoms with Gasteiger partial charge in [-0.2, -0.15) is 0 Å². The third-order valence-corrected chi connectivity index (χ3v) is 5.22. The molecule has 3 rings (SSSR count). The van der Waals surface area contributed by atoms with Gasteiger partial charge in [0.25, 0.3) is 5.91 Å². The number of hydrogen-bond acceptors (Lipinski definition) is 2. The van der Waals surface area contributed by atoms with Crippen molar-refractivity contribution in [3.05, 3.63) is 58.9 Å². The summed E-state index contributed by atoms with van der Waals surface area (Å²) < 4.78 is 2.23. The van der Waals surface area contributed by atoms with Crippen LogP contribution in [0, 0.1) is 19.8 Å². The third kappa shape index (κ3) is 4.25. The van der Waals surface area contributed by atoms with Crippen LogP contribution in [0.1, 0.15) is 40.2 Å². The number of nitrogens with zero attached hydrogens (tertiary/aromatic N) is 2. The van der Waals surface area contributed by atoms with Gasteiger partial charge in [-0.3, -0.25) is 4.79 Å². The molecule has 1 aliphatic rings. The number of piperidine rings is 1. The summed E-state index contributed by atoms with van der Waals surface area (Å²) in [6, 6.07) is 12.4. The fourth-order valence-electron chi connectivity index (χ4n) is 3.57. The molecule has 136 valence electrons. The maximum Gasteiger partial charge on any atom is 0.255 e. The quantitative estimate of drug-likeness (QED) is 0.907. The standard InChI is InChI=1S/C20H27N3O.ClH/c1-15-12-19(20(24)22-10-8-17(13-21)9-11-22)16(2)23(15)14-18-6-4-3-5-7-18;/h3-7,12,17H,8-11,13-14,21H2,1-2H3;1H. The van der Waals surface area contributed by atoms with E-state index in [9.17, 15) is 4.79 Å². The second-order valence-electron chi connectivity index (χ2n) is 6.83. The molecular weight excluding hydrogens is 334 g/mol. The average Bonchev–Trinajstić information content (AvgIpc) is 2.90. The lowest BCUT2D eigenvalue weighted by Crippen LogP contribution is -2.40. The zero-order valence-corrected chi connectivity index (χ0v) is 15.9. The Kier molecular flexibility index (Phi) is 6.68. The van der Waals surface area contributed by atoms with Gasteiger partial charge in [0, 0.05) is 31.0 Å². The van der Waals surface area contributed by atoms with Gasteiger partial charge in [-0.25, -0.2) is 0 Å². The molecule has 1 aromatic heterocycles. The van der Waals surface area contributed by atoms with Crippen molar-refractivity contribution in [3.63, 3.8) is 0 Å². The number of aryl methyl sites for hydroxylation is 1. The van der Waals surface area contributed by atoms with E-state index in [-0.39, 0.29) is 18.3 Å². The van der Waals surface area contributed by atoms with E-state index >= 15 is 0 Å². The van der Waals surface area contributed by atoms with Crippen LogP contribution in [-0.4, -0.2) is 35.0 Å². The number of nitrogens with two attached hydrogens (primary N) is 1. The van der Waals surface area contributed by atoms with Crippen LogP contribution in [0.15, 0.2) is 36.4 Å². The molecule has 0 spiro atoms. The summed E-state index contributed by atoms with van der Waals surface area (Å²) >= 11 is 0. The second-order valence-corrected chi connectivity index (χ2v) is 6.83. The van der Waals surface area contributed by atoms with E-state index in [4.69, 9.17) is 5.73 Å². The number of hydrogen-bond donors (Lipinski definition) is 1. The molecule has 4 nitrogen and oxygen atoms in total. The molecule has 0 radical (unpaired) electrons. The van der Waals surface area contributed by atoms with E-state index in [1.807, 2.05) is 17.0 Å². The van der Waals surface area contributed by atoms with Gasteiger partial charge < -0.3 is 15.2 Å². The predicted octanol–water partition coefficient (Wildman–Crippen LogP) is 3.39. The Bertz CT molecular complexity index is 703. The molecule has 1 fully saturated rings. The zero-order valence-electron chi connectivity index (χ0n) is 15.1. The summed E-state index contributed by atoms with van der Waals surface area (Å²) in [7, 11) is 0. The SMILES string of the molecule is Cc1cc(C(=O)N2CCC(CN)CC2)c(C)n1Cc1ccccc1.Cl. The van der Waals surface area contributed by atoms with E-state index in [0.29, 0.717) is 5.92 Å². The molecule has 0 saturated carbocycles. The lowest BCUT2D eigenvalue weighted by atomic mass is 9.96. The molecule has 0 bridgehead atoms. The summed E-state index contributed by atoms with van der Waals surface area (Å²) in [4.78, 5) is 14.9. The summed E-state index contributed by atoms with van der Waals surface area (Å²) in [6.45, 7) is 7.31. The van der Waals surface area contributed by atoms with Gasteiger partial charge in [-0.05, 0) is 50.8 Å². The van der Waals surface area contributed by atoms with Crippen molar-refractivity contribution in [1.29, 1.82) is 0 Å². The van der Waals surface area contributed by atoms with Gasteiger partial charge in [0.05, 0.1) is 5.56 Å². The minimum atomic E-state index is 0. The van der Waals surface area contributed by atoms with Gasteiger partial charge in [-0.1, -0.05) is 30.3 Å². The van der Waals surface area contributed by atoms with Crippen LogP contribution >= 0.6 is 12.4 Å². The van der Waals surface area contributed by atoms with E-state index < -0.39 is 0 Å². The van der Waals surface area contributed by atoms with Crippen LogP contribution in [0.4, 0.5) is 0 Å². The van der Waals surface area contributed by atoms with Crippen molar-refractivity contribution in [2.75, 3.05) is 19.6 Å². The predicted molar refractivity (Wildman–Crippen MR) is 104 cm³/mol. The number of amides is 1. The van der Waals surface area contributed by atoms with Crippen molar-refractivity contribution in [3.8, 4) is 0 Å². The highest BCUT2D eigenvalue weighted by atomic mass is 35.5. The molecule has 0 unspecified atom stereocenters. The van der Waals surface area contributed by atoms with Crippen LogP contribution in [0.25, 0.3) is 0 Å². The first kappa shape index (κ1) is 19.5. The Labute approximate surface area is 156 Å². The van der Waals surface area contributed by atoms with E-state index in [2.05, 4.69) is 42.7 Å². The smallest absolute Gasteiger partial charge is 0.255 e. The maximum atomic E-state index is 12.9. The Morgan fingerprint density at radius 3 is 2.40 bits per heavy atom. The molecule has 0 atom stereocenters. The molecule has 25 heavy (non-hydrogen) atoms. The lowest BCUT2D eigenvalue weighted by molar-refractivity contribution is 0.0692. The highest BCUT2D eigenvalue weighted by Gasteiger charge is 2.25. The van der Waals surface area contributed by atoms with E-state index in [0.717, 1.165) is 56.0 Å². The number of rotatable bonds is 4. The zero-order chi connectivity index (χ0) is 17.1. The summed E-state index contributed by atoms with van der Waals surface area (Å²) in [5.41, 5.74) is 10.0. The van der Waals surface area contributed by atoms with Crippen LogP contribution in [0.3, 0.4) is 0 Å². The van der Waals surface area contributed by atoms with Crippen molar-refractivity contribution in [2.45, 2.75) is 33.2 Å². The molecule has 2 N–H and O–H groups in total. The minimum Gasteiger partial charge on any atom is -0.344 e. The lowest BCUT2D eigenvalue weighted by Gasteiger charge is -2.31. The topological polar surface area (TPSA) is 51.3 Å².